The highest BCUT2D eigenvalue weighted by molar-refractivity contribution is 5.77. The Kier molecular flexibility index (Phi) is 2.87. The highest BCUT2D eigenvalue weighted by Gasteiger charge is 2.42. The first-order valence-corrected chi connectivity index (χ1v) is 6.87. The molecule has 0 bridgehead atoms. The molecule has 1 atom stereocenters. The minimum atomic E-state index is -0.114. The van der Waals surface area contributed by atoms with E-state index in [-0.39, 0.29) is 18.1 Å². The summed E-state index contributed by atoms with van der Waals surface area (Å²) in [5.41, 5.74) is 9.47. The van der Waals surface area contributed by atoms with E-state index in [1.165, 1.54) is 6.42 Å². The van der Waals surface area contributed by atoms with Crippen molar-refractivity contribution in [3.05, 3.63) is 29.6 Å². The summed E-state index contributed by atoms with van der Waals surface area (Å²) in [5, 5.41) is 9.63. The number of imidazole rings is 1. The van der Waals surface area contributed by atoms with Crippen LogP contribution < -0.4 is 5.73 Å². The van der Waals surface area contributed by atoms with E-state index in [2.05, 4.69) is 27.8 Å². The maximum atomic E-state index is 9.63. The van der Waals surface area contributed by atoms with Gasteiger partial charge < -0.3 is 15.4 Å². The number of hydrogen-bond donors (Lipinski definition) is 2. The van der Waals surface area contributed by atoms with Crippen LogP contribution in [-0.4, -0.2) is 21.3 Å². The van der Waals surface area contributed by atoms with Crippen LogP contribution in [0.4, 0.5) is 0 Å². The highest BCUT2D eigenvalue weighted by Crippen LogP contribution is 2.48. The van der Waals surface area contributed by atoms with E-state index in [4.69, 9.17) is 5.73 Å². The zero-order valence-electron chi connectivity index (χ0n) is 11.6. The van der Waals surface area contributed by atoms with Crippen LogP contribution in [0, 0.1) is 12.3 Å². The maximum absolute atomic E-state index is 9.63. The normalized spacial score (nSPS) is 19.4. The van der Waals surface area contributed by atoms with Crippen molar-refractivity contribution < 1.29 is 5.11 Å². The third kappa shape index (κ3) is 1.78. The van der Waals surface area contributed by atoms with Crippen LogP contribution >= 0.6 is 0 Å². The Morgan fingerprint density at radius 1 is 1.47 bits per heavy atom. The van der Waals surface area contributed by atoms with Gasteiger partial charge in [-0.25, -0.2) is 4.98 Å². The summed E-state index contributed by atoms with van der Waals surface area (Å²) in [6.07, 6.45) is 3.20. The Morgan fingerprint density at radius 3 is 2.79 bits per heavy atom. The van der Waals surface area contributed by atoms with Crippen molar-refractivity contribution in [2.24, 2.45) is 18.2 Å². The molecule has 0 radical (unpaired) electrons. The number of nitrogens with zero attached hydrogens (tertiary/aromatic N) is 2. The number of hydrogen-bond acceptors (Lipinski definition) is 3. The third-order valence-corrected chi connectivity index (χ3v) is 4.81. The molecule has 3 N–H and O–H groups in total. The molecule has 1 unspecified atom stereocenters. The molecule has 0 spiro atoms. The highest BCUT2D eigenvalue weighted by atomic mass is 16.3. The van der Waals surface area contributed by atoms with Gasteiger partial charge in [0.2, 0.25) is 0 Å². The van der Waals surface area contributed by atoms with Crippen LogP contribution in [0.3, 0.4) is 0 Å². The van der Waals surface area contributed by atoms with Gasteiger partial charge in [-0.2, -0.15) is 0 Å². The second-order valence-electron chi connectivity index (χ2n) is 5.82. The third-order valence-electron chi connectivity index (χ3n) is 4.81. The molecule has 102 valence electrons. The molecule has 0 amide bonds. The molecule has 3 rings (SSSR count). The van der Waals surface area contributed by atoms with Crippen molar-refractivity contribution >= 4 is 11.0 Å². The van der Waals surface area contributed by atoms with Crippen molar-refractivity contribution in [1.82, 2.24) is 9.55 Å². The minimum absolute atomic E-state index is 0.0991. The average Bonchev–Trinajstić information content (AvgIpc) is 2.64. The summed E-state index contributed by atoms with van der Waals surface area (Å²) in [7, 11) is 2.02. The molecule has 0 saturated heterocycles. The first kappa shape index (κ1) is 12.6. The van der Waals surface area contributed by atoms with Gasteiger partial charge in [0.15, 0.2) is 0 Å². The van der Waals surface area contributed by atoms with Gasteiger partial charge >= 0.3 is 0 Å². The number of aromatic nitrogens is 2. The van der Waals surface area contributed by atoms with E-state index in [0.717, 1.165) is 35.3 Å². The van der Waals surface area contributed by atoms with E-state index in [0.29, 0.717) is 0 Å². The van der Waals surface area contributed by atoms with Crippen LogP contribution in [-0.2, 0) is 7.05 Å². The van der Waals surface area contributed by atoms with E-state index in [1.807, 2.05) is 14.0 Å². The van der Waals surface area contributed by atoms with Gasteiger partial charge in [-0.3, -0.25) is 0 Å². The Balaban J connectivity index is 2.01. The Labute approximate surface area is 113 Å². The molecule has 1 fully saturated rings. The minimum Gasteiger partial charge on any atom is -0.396 e. The van der Waals surface area contributed by atoms with Crippen LogP contribution in [0.5, 0.6) is 0 Å². The van der Waals surface area contributed by atoms with Crippen LogP contribution in [0.2, 0.25) is 0 Å². The lowest BCUT2D eigenvalue weighted by molar-refractivity contribution is 0.0184. The van der Waals surface area contributed by atoms with Gasteiger partial charge in [0.1, 0.15) is 5.82 Å². The molecule has 4 heteroatoms. The number of aryl methyl sites for hydroxylation is 2. The zero-order chi connectivity index (χ0) is 13.6. The summed E-state index contributed by atoms with van der Waals surface area (Å²) < 4.78 is 2.08. The summed E-state index contributed by atoms with van der Waals surface area (Å²) >= 11 is 0. The van der Waals surface area contributed by atoms with E-state index >= 15 is 0 Å². The summed E-state index contributed by atoms with van der Waals surface area (Å²) in [6.45, 7) is 2.17. The summed E-state index contributed by atoms with van der Waals surface area (Å²) in [6, 6.07) is 6.12. The fourth-order valence-electron chi connectivity index (χ4n) is 3.08. The summed E-state index contributed by atoms with van der Waals surface area (Å²) in [5.74, 6) is 1.00. The Bertz CT molecular complexity index is 608. The first-order valence-electron chi connectivity index (χ1n) is 6.87. The fraction of sp³-hybridized carbons (Fsp3) is 0.533. The predicted octanol–water partition coefficient (Wildman–Crippen LogP) is 2.04. The fourth-order valence-corrected chi connectivity index (χ4v) is 3.08. The second-order valence-corrected chi connectivity index (χ2v) is 5.82. The topological polar surface area (TPSA) is 64.1 Å². The van der Waals surface area contributed by atoms with Crippen LogP contribution in [0.1, 0.15) is 36.7 Å². The molecule has 0 aliphatic heterocycles. The van der Waals surface area contributed by atoms with E-state index < -0.39 is 0 Å². The van der Waals surface area contributed by atoms with Gasteiger partial charge in [0.25, 0.3) is 0 Å². The predicted molar refractivity (Wildman–Crippen MR) is 75.7 cm³/mol. The van der Waals surface area contributed by atoms with Crippen molar-refractivity contribution in [2.45, 2.75) is 32.2 Å². The molecule has 2 aromatic rings. The van der Waals surface area contributed by atoms with Gasteiger partial charge in [0, 0.05) is 18.5 Å². The summed E-state index contributed by atoms with van der Waals surface area (Å²) in [4.78, 5) is 4.55. The number of benzene rings is 1. The number of aliphatic hydroxyl groups excluding tert-OH is 1. The number of fused-ring (bicyclic) bond motifs is 1. The quantitative estimate of drug-likeness (QED) is 0.886. The SMILES string of the molecule is Cc1nc2cc(C(N)C3(CO)CCC3)ccc2n1C. The molecule has 1 aromatic carbocycles. The Hall–Kier alpha value is -1.39. The van der Waals surface area contributed by atoms with Crippen molar-refractivity contribution in [2.75, 3.05) is 6.61 Å². The molecule has 1 aliphatic carbocycles. The van der Waals surface area contributed by atoms with Crippen LogP contribution in [0.25, 0.3) is 11.0 Å². The maximum Gasteiger partial charge on any atom is 0.106 e. The molecule has 4 nitrogen and oxygen atoms in total. The second kappa shape index (κ2) is 4.32. The zero-order valence-corrected chi connectivity index (χ0v) is 11.6. The number of nitrogens with two attached hydrogens (primary N) is 1. The number of aliphatic hydroxyl groups is 1. The lowest BCUT2D eigenvalue weighted by Crippen LogP contribution is -2.43. The molecule has 1 aromatic heterocycles. The molecule has 19 heavy (non-hydrogen) atoms. The molecule has 1 heterocycles. The molecule has 1 aliphatic rings. The molecular weight excluding hydrogens is 238 g/mol. The Morgan fingerprint density at radius 2 is 2.21 bits per heavy atom. The smallest absolute Gasteiger partial charge is 0.106 e. The monoisotopic (exact) mass is 259 g/mol. The van der Waals surface area contributed by atoms with Gasteiger partial charge in [-0.05, 0) is 37.5 Å². The van der Waals surface area contributed by atoms with Crippen molar-refractivity contribution in [3.8, 4) is 0 Å². The van der Waals surface area contributed by atoms with E-state index in [9.17, 15) is 5.11 Å². The molecule has 1 saturated carbocycles. The number of rotatable bonds is 3. The lowest BCUT2D eigenvalue weighted by Gasteiger charge is -2.45. The standard InChI is InChI=1S/C15H21N3O/c1-10-17-12-8-11(4-5-13(12)18(10)2)14(16)15(9-19)6-3-7-15/h4-5,8,14,19H,3,6-7,9,16H2,1-2H3. The van der Waals surface area contributed by atoms with E-state index in [1.54, 1.807) is 0 Å². The van der Waals surface area contributed by atoms with Gasteiger partial charge in [-0.1, -0.05) is 12.5 Å². The average molecular weight is 259 g/mol. The van der Waals surface area contributed by atoms with Gasteiger partial charge in [0.05, 0.1) is 17.6 Å². The van der Waals surface area contributed by atoms with Crippen LogP contribution in [0.15, 0.2) is 18.2 Å². The van der Waals surface area contributed by atoms with Crippen molar-refractivity contribution in [1.29, 1.82) is 0 Å². The molecular formula is C15H21N3O. The first-order chi connectivity index (χ1) is 9.07. The largest absolute Gasteiger partial charge is 0.396 e. The van der Waals surface area contributed by atoms with Gasteiger partial charge in [-0.15, -0.1) is 0 Å². The van der Waals surface area contributed by atoms with Crippen molar-refractivity contribution in [3.63, 3.8) is 0 Å². The lowest BCUT2D eigenvalue weighted by atomic mass is 9.63.